The van der Waals surface area contributed by atoms with Crippen molar-refractivity contribution in [2.24, 2.45) is 7.05 Å². The summed E-state index contributed by atoms with van der Waals surface area (Å²) in [6.07, 6.45) is 0. The molecule has 0 fully saturated rings. The van der Waals surface area contributed by atoms with Gasteiger partial charge in [0.1, 0.15) is 5.00 Å². The van der Waals surface area contributed by atoms with Crippen LogP contribution in [-0.2, 0) is 7.05 Å². The fourth-order valence-electron chi connectivity index (χ4n) is 1.77. The topological polar surface area (TPSA) is 69.6 Å². The molecular weight excluding hydrogens is 266 g/mol. The molecule has 0 radical (unpaired) electrons. The van der Waals surface area contributed by atoms with Crippen LogP contribution in [0.3, 0.4) is 0 Å². The van der Waals surface area contributed by atoms with Crippen molar-refractivity contribution in [3.05, 3.63) is 23.2 Å². The number of hydrogen-bond acceptors (Lipinski definition) is 6. The van der Waals surface area contributed by atoms with Crippen molar-refractivity contribution in [3.8, 4) is 22.1 Å². The fourth-order valence-corrected chi connectivity index (χ4v) is 3.08. The summed E-state index contributed by atoms with van der Waals surface area (Å²) in [5, 5.41) is 7.12. The average Bonchev–Trinajstić information content (AvgIpc) is 3.01. The van der Waals surface area contributed by atoms with Gasteiger partial charge < -0.3 is 5.73 Å². The first-order valence-electron chi connectivity index (χ1n) is 5.34. The molecule has 0 aliphatic heterocycles. The van der Waals surface area contributed by atoms with E-state index in [1.807, 2.05) is 31.5 Å². The van der Waals surface area contributed by atoms with Crippen LogP contribution in [0, 0.1) is 6.92 Å². The molecular formula is C11H11N5S2. The second-order valence-corrected chi connectivity index (χ2v) is 5.62. The van der Waals surface area contributed by atoms with Crippen LogP contribution in [0.25, 0.3) is 22.1 Å². The molecule has 0 aliphatic rings. The molecule has 3 aromatic heterocycles. The Bertz CT molecular complexity index is 661. The molecule has 0 saturated heterocycles. The van der Waals surface area contributed by atoms with Crippen LogP contribution >= 0.6 is 22.9 Å². The summed E-state index contributed by atoms with van der Waals surface area (Å²) >= 11 is 2.91. The van der Waals surface area contributed by atoms with Crippen LogP contribution < -0.4 is 5.73 Å². The van der Waals surface area contributed by atoms with Crippen LogP contribution in [0.4, 0.5) is 5.00 Å². The minimum Gasteiger partial charge on any atom is -0.389 e. The normalized spacial score (nSPS) is 11.0. The SMILES string of the molecule is Cc1nsc(N)c1-c1nc(-c2cccs2)nn1C. The smallest absolute Gasteiger partial charge is 0.191 e. The zero-order valence-electron chi connectivity index (χ0n) is 9.91. The second kappa shape index (κ2) is 4.18. The summed E-state index contributed by atoms with van der Waals surface area (Å²) in [5.74, 6) is 1.50. The van der Waals surface area contributed by atoms with Gasteiger partial charge in [0, 0.05) is 7.05 Å². The average molecular weight is 277 g/mol. The number of aryl methyl sites for hydroxylation is 2. The Kier molecular flexibility index (Phi) is 2.64. The summed E-state index contributed by atoms with van der Waals surface area (Å²) in [6.45, 7) is 1.93. The van der Waals surface area contributed by atoms with Gasteiger partial charge in [0.25, 0.3) is 0 Å². The number of thiophene rings is 1. The first kappa shape index (κ1) is 11.4. The van der Waals surface area contributed by atoms with E-state index in [4.69, 9.17) is 5.73 Å². The van der Waals surface area contributed by atoms with Gasteiger partial charge in [-0.25, -0.2) is 9.67 Å². The Balaban J connectivity index is 2.15. The van der Waals surface area contributed by atoms with E-state index in [-0.39, 0.29) is 0 Å². The fraction of sp³-hybridized carbons (Fsp3) is 0.182. The first-order chi connectivity index (χ1) is 8.66. The van der Waals surface area contributed by atoms with Crippen molar-refractivity contribution in [1.82, 2.24) is 19.1 Å². The molecule has 7 heteroatoms. The molecule has 18 heavy (non-hydrogen) atoms. The highest BCUT2D eigenvalue weighted by atomic mass is 32.1. The lowest BCUT2D eigenvalue weighted by atomic mass is 10.2. The van der Waals surface area contributed by atoms with Crippen molar-refractivity contribution in [1.29, 1.82) is 0 Å². The highest BCUT2D eigenvalue weighted by Crippen LogP contribution is 2.32. The van der Waals surface area contributed by atoms with E-state index in [1.165, 1.54) is 11.5 Å². The molecule has 0 aliphatic carbocycles. The van der Waals surface area contributed by atoms with E-state index in [1.54, 1.807) is 16.0 Å². The first-order valence-corrected chi connectivity index (χ1v) is 6.99. The van der Waals surface area contributed by atoms with E-state index in [2.05, 4.69) is 14.5 Å². The van der Waals surface area contributed by atoms with Gasteiger partial charge in [-0.3, -0.25) is 0 Å². The van der Waals surface area contributed by atoms with Gasteiger partial charge in [0.15, 0.2) is 11.6 Å². The highest BCUT2D eigenvalue weighted by Gasteiger charge is 2.18. The molecule has 0 bridgehead atoms. The molecule has 0 saturated carbocycles. The molecule has 0 spiro atoms. The third-order valence-corrected chi connectivity index (χ3v) is 4.25. The summed E-state index contributed by atoms with van der Waals surface area (Å²) in [5.41, 5.74) is 7.73. The van der Waals surface area contributed by atoms with Crippen molar-refractivity contribution in [2.75, 3.05) is 5.73 Å². The second-order valence-electron chi connectivity index (χ2n) is 3.87. The Morgan fingerprint density at radius 1 is 1.39 bits per heavy atom. The van der Waals surface area contributed by atoms with Crippen molar-refractivity contribution in [2.45, 2.75) is 6.92 Å². The summed E-state index contributed by atoms with van der Waals surface area (Å²) < 4.78 is 6.00. The maximum Gasteiger partial charge on any atom is 0.191 e. The Labute approximate surface area is 112 Å². The van der Waals surface area contributed by atoms with Gasteiger partial charge >= 0.3 is 0 Å². The van der Waals surface area contributed by atoms with E-state index in [9.17, 15) is 0 Å². The van der Waals surface area contributed by atoms with Crippen LogP contribution in [0.5, 0.6) is 0 Å². The van der Waals surface area contributed by atoms with E-state index in [0.717, 1.165) is 27.8 Å². The number of nitrogen functional groups attached to an aromatic ring is 1. The lowest BCUT2D eigenvalue weighted by Crippen LogP contribution is -1.97. The van der Waals surface area contributed by atoms with Crippen LogP contribution in [0.1, 0.15) is 5.69 Å². The lowest BCUT2D eigenvalue weighted by molar-refractivity contribution is 0.777. The van der Waals surface area contributed by atoms with Crippen molar-refractivity contribution < 1.29 is 0 Å². The zero-order chi connectivity index (χ0) is 12.7. The van der Waals surface area contributed by atoms with E-state index < -0.39 is 0 Å². The number of nitrogens with zero attached hydrogens (tertiary/aromatic N) is 4. The monoisotopic (exact) mass is 277 g/mol. The molecule has 3 heterocycles. The van der Waals surface area contributed by atoms with Crippen molar-refractivity contribution >= 4 is 27.9 Å². The number of anilines is 1. The molecule has 3 aromatic rings. The van der Waals surface area contributed by atoms with Gasteiger partial charge in [0.2, 0.25) is 0 Å². The standard InChI is InChI=1S/C11H11N5S2/c1-6-8(9(12)18-15-6)11-13-10(14-16(11)2)7-4-3-5-17-7/h3-5H,12H2,1-2H3. The van der Waals surface area contributed by atoms with Gasteiger partial charge in [-0.15, -0.1) is 16.4 Å². The molecule has 5 nitrogen and oxygen atoms in total. The van der Waals surface area contributed by atoms with Crippen LogP contribution in [-0.4, -0.2) is 19.1 Å². The Hall–Kier alpha value is -1.73. The summed E-state index contributed by atoms with van der Waals surface area (Å²) in [6, 6.07) is 3.99. The Morgan fingerprint density at radius 2 is 2.22 bits per heavy atom. The summed E-state index contributed by atoms with van der Waals surface area (Å²) in [7, 11) is 1.87. The quantitative estimate of drug-likeness (QED) is 0.781. The van der Waals surface area contributed by atoms with E-state index in [0.29, 0.717) is 5.00 Å². The third kappa shape index (κ3) is 1.72. The number of aromatic nitrogens is 4. The van der Waals surface area contributed by atoms with Crippen LogP contribution in [0.2, 0.25) is 0 Å². The molecule has 0 aromatic carbocycles. The van der Waals surface area contributed by atoms with Gasteiger partial charge in [-0.1, -0.05) is 6.07 Å². The van der Waals surface area contributed by atoms with Gasteiger partial charge in [0.05, 0.1) is 16.1 Å². The number of nitrogens with two attached hydrogens (primary N) is 1. The predicted molar refractivity (Wildman–Crippen MR) is 74.6 cm³/mol. The molecule has 0 unspecified atom stereocenters. The van der Waals surface area contributed by atoms with Gasteiger partial charge in [-0.2, -0.15) is 4.37 Å². The molecule has 3 rings (SSSR count). The minimum atomic E-state index is 0.681. The van der Waals surface area contributed by atoms with Crippen LogP contribution in [0.15, 0.2) is 17.5 Å². The predicted octanol–water partition coefficient (Wildman–Crippen LogP) is 2.56. The maximum atomic E-state index is 5.95. The van der Waals surface area contributed by atoms with E-state index >= 15 is 0 Å². The number of hydrogen-bond donors (Lipinski definition) is 1. The zero-order valence-corrected chi connectivity index (χ0v) is 11.5. The largest absolute Gasteiger partial charge is 0.389 e. The number of rotatable bonds is 2. The van der Waals surface area contributed by atoms with Gasteiger partial charge in [-0.05, 0) is 29.9 Å². The Morgan fingerprint density at radius 3 is 2.83 bits per heavy atom. The summed E-state index contributed by atoms with van der Waals surface area (Å²) in [4.78, 5) is 5.62. The molecule has 2 N–H and O–H groups in total. The lowest BCUT2D eigenvalue weighted by Gasteiger charge is -1.98. The maximum absolute atomic E-state index is 5.95. The highest BCUT2D eigenvalue weighted by molar-refractivity contribution is 7.13. The molecule has 0 amide bonds. The molecule has 92 valence electrons. The third-order valence-electron chi connectivity index (χ3n) is 2.62. The van der Waals surface area contributed by atoms with Crippen molar-refractivity contribution in [3.63, 3.8) is 0 Å². The minimum absolute atomic E-state index is 0.681. The molecule has 0 atom stereocenters.